The molecule has 1 aliphatic carbocycles. The predicted octanol–water partition coefficient (Wildman–Crippen LogP) is 1.57. The minimum Gasteiger partial charge on any atom is -0.352 e. The molecule has 2 aliphatic rings. The lowest BCUT2D eigenvalue weighted by molar-refractivity contribution is -0.133. The van der Waals surface area contributed by atoms with Crippen LogP contribution in [0.4, 0.5) is 0 Å². The Kier molecular flexibility index (Phi) is 4.23. The van der Waals surface area contributed by atoms with Gasteiger partial charge in [0.2, 0.25) is 5.91 Å². The molecule has 1 amide bonds. The lowest BCUT2D eigenvalue weighted by Crippen LogP contribution is -2.50. The lowest BCUT2D eigenvalue weighted by Gasteiger charge is -2.36. The van der Waals surface area contributed by atoms with Crippen molar-refractivity contribution < 1.29 is 4.79 Å². The maximum absolute atomic E-state index is 12.5. The molecule has 0 aromatic heterocycles. The Morgan fingerprint density at radius 1 is 1.44 bits per heavy atom. The Labute approximate surface area is 109 Å². The van der Waals surface area contributed by atoms with Crippen LogP contribution in [-0.2, 0) is 4.79 Å². The van der Waals surface area contributed by atoms with Crippen molar-refractivity contribution in [3.63, 3.8) is 0 Å². The third kappa shape index (κ3) is 2.51. The van der Waals surface area contributed by atoms with Gasteiger partial charge in [-0.1, -0.05) is 6.92 Å². The van der Waals surface area contributed by atoms with Gasteiger partial charge in [-0.15, -0.1) is 0 Å². The average molecular weight is 249 g/mol. The van der Waals surface area contributed by atoms with Crippen molar-refractivity contribution in [2.24, 2.45) is 11.3 Å². The molecule has 2 rings (SSSR count). The molecule has 100 valence electrons. The van der Waals surface area contributed by atoms with Crippen LogP contribution >= 0.6 is 0 Å². The molecule has 1 saturated heterocycles. The molecule has 1 saturated carbocycles. The number of rotatable bonds is 3. The first-order valence-electron chi connectivity index (χ1n) is 7.13. The Morgan fingerprint density at radius 2 is 2.17 bits per heavy atom. The van der Waals surface area contributed by atoms with Gasteiger partial charge in [-0.2, -0.15) is 5.26 Å². The maximum atomic E-state index is 12.5. The lowest BCUT2D eigenvalue weighted by atomic mass is 9.75. The van der Waals surface area contributed by atoms with Gasteiger partial charge in [0, 0.05) is 6.04 Å². The Bertz CT molecular complexity index is 341. The monoisotopic (exact) mass is 249 g/mol. The van der Waals surface area contributed by atoms with Gasteiger partial charge in [-0.05, 0) is 51.6 Å². The second-order valence-corrected chi connectivity index (χ2v) is 5.63. The topological polar surface area (TPSA) is 64.9 Å². The molecule has 2 N–H and O–H groups in total. The van der Waals surface area contributed by atoms with Crippen molar-refractivity contribution in [1.82, 2.24) is 10.6 Å². The van der Waals surface area contributed by atoms with E-state index in [4.69, 9.17) is 5.26 Å². The van der Waals surface area contributed by atoms with E-state index in [0.29, 0.717) is 0 Å². The Morgan fingerprint density at radius 3 is 2.78 bits per heavy atom. The summed E-state index contributed by atoms with van der Waals surface area (Å²) in [6.07, 6.45) is 5.68. The van der Waals surface area contributed by atoms with E-state index in [9.17, 15) is 4.79 Å². The zero-order valence-corrected chi connectivity index (χ0v) is 11.2. The van der Waals surface area contributed by atoms with E-state index in [1.807, 2.05) is 0 Å². The zero-order chi connectivity index (χ0) is 13.0. The molecule has 0 aromatic rings. The maximum Gasteiger partial charge on any atom is 0.226 e. The highest BCUT2D eigenvalue weighted by molar-refractivity contribution is 5.83. The number of nitriles is 1. The summed E-state index contributed by atoms with van der Waals surface area (Å²) < 4.78 is 0. The van der Waals surface area contributed by atoms with Crippen molar-refractivity contribution >= 4 is 5.91 Å². The number of nitrogens with one attached hydrogen (secondary N) is 2. The molecule has 0 radical (unpaired) electrons. The first kappa shape index (κ1) is 13.4. The summed E-state index contributed by atoms with van der Waals surface area (Å²) in [7, 11) is 0. The fraction of sp³-hybridized carbons (Fsp3) is 0.857. The Hall–Kier alpha value is -1.08. The van der Waals surface area contributed by atoms with Gasteiger partial charge in [-0.25, -0.2) is 0 Å². The highest BCUT2D eigenvalue weighted by Gasteiger charge is 2.40. The average Bonchev–Trinajstić information content (AvgIpc) is 2.86. The van der Waals surface area contributed by atoms with E-state index in [1.165, 1.54) is 0 Å². The third-order valence-corrected chi connectivity index (χ3v) is 4.72. The second kappa shape index (κ2) is 5.71. The first-order chi connectivity index (χ1) is 8.72. The van der Waals surface area contributed by atoms with Crippen LogP contribution in [0.3, 0.4) is 0 Å². The first-order valence-corrected chi connectivity index (χ1v) is 7.13. The molecule has 2 unspecified atom stereocenters. The molecule has 18 heavy (non-hydrogen) atoms. The SMILES string of the molecule is CCC1(C(=O)NC2CCCC2C#N)CCNCC1. The summed E-state index contributed by atoms with van der Waals surface area (Å²) >= 11 is 0. The third-order valence-electron chi connectivity index (χ3n) is 4.72. The number of hydrogen-bond donors (Lipinski definition) is 2. The summed E-state index contributed by atoms with van der Waals surface area (Å²) in [6.45, 7) is 3.95. The van der Waals surface area contributed by atoms with Crippen LogP contribution in [0.25, 0.3) is 0 Å². The van der Waals surface area contributed by atoms with Crippen molar-refractivity contribution in [3.8, 4) is 6.07 Å². The minimum atomic E-state index is -0.201. The van der Waals surface area contributed by atoms with Gasteiger partial charge in [0.1, 0.15) is 0 Å². The van der Waals surface area contributed by atoms with Gasteiger partial charge in [0.15, 0.2) is 0 Å². The van der Waals surface area contributed by atoms with Gasteiger partial charge in [0.05, 0.1) is 17.4 Å². The van der Waals surface area contributed by atoms with Crippen LogP contribution in [-0.4, -0.2) is 25.0 Å². The van der Waals surface area contributed by atoms with E-state index in [0.717, 1.165) is 51.6 Å². The summed E-state index contributed by atoms with van der Waals surface area (Å²) in [6, 6.07) is 2.41. The predicted molar refractivity (Wildman–Crippen MR) is 69.7 cm³/mol. The minimum absolute atomic E-state index is 0.0181. The Balaban J connectivity index is 1.99. The highest BCUT2D eigenvalue weighted by Crippen LogP contribution is 2.34. The molecule has 0 aromatic carbocycles. The number of hydrogen-bond acceptors (Lipinski definition) is 3. The van der Waals surface area contributed by atoms with Gasteiger partial charge in [0.25, 0.3) is 0 Å². The van der Waals surface area contributed by atoms with Crippen LogP contribution in [0.2, 0.25) is 0 Å². The molecular weight excluding hydrogens is 226 g/mol. The zero-order valence-electron chi connectivity index (χ0n) is 11.2. The molecule has 0 bridgehead atoms. The normalized spacial score (nSPS) is 30.7. The molecule has 1 heterocycles. The molecule has 2 atom stereocenters. The number of carbonyl (C=O) groups is 1. The van der Waals surface area contributed by atoms with Crippen LogP contribution in [0.1, 0.15) is 45.4 Å². The summed E-state index contributed by atoms with van der Waals surface area (Å²) in [5.74, 6) is 0.197. The largest absolute Gasteiger partial charge is 0.352 e. The quantitative estimate of drug-likeness (QED) is 0.798. The highest BCUT2D eigenvalue weighted by atomic mass is 16.2. The van der Waals surface area contributed by atoms with Crippen molar-refractivity contribution in [2.45, 2.75) is 51.5 Å². The second-order valence-electron chi connectivity index (χ2n) is 5.63. The fourth-order valence-electron chi connectivity index (χ4n) is 3.26. The molecule has 1 aliphatic heterocycles. The van der Waals surface area contributed by atoms with Crippen LogP contribution < -0.4 is 10.6 Å². The van der Waals surface area contributed by atoms with Crippen LogP contribution in [0.5, 0.6) is 0 Å². The number of nitrogens with zero attached hydrogens (tertiary/aromatic N) is 1. The number of carbonyl (C=O) groups excluding carboxylic acids is 1. The van der Waals surface area contributed by atoms with Gasteiger partial charge < -0.3 is 10.6 Å². The number of piperidine rings is 1. The standard InChI is InChI=1S/C14H23N3O/c1-2-14(6-8-16-9-7-14)13(18)17-12-5-3-4-11(12)10-15/h11-12,16H,2-9H2,1H3,(H,17,18). The molecule has 4 heteroatoms. The fourth-order valence-corrected chi connectivity index (χ4v) is 3.26. The van der Waals surface area contributed by atoms with E-state index >= 15 is 0 Å². The summed E-state index contributed by atoms with van der Waals surface area (Å²) in [5.41, 5.74) is -0.201. The summed E-state index contributed by atoms with van der Waals surface area (Å²) in [5, 5.41) is 15.5. The van der Waals surface area contributed by atoms with Crippen molar-refractivity contribution in [1.29, 1.82) is 5.26 Å². The summed E-state index contributed by atoms with van der Waals surface area (Å²) in [4.78, 5) is 12.5. The van der Waals surface area contributed by atoms with E-state index < -0.39 is 0 Å². The molecular formula is C14H23N3O. The van der Waals surface area contributed by atoms with Gasteiger partial charge >= 0.3 is 0 Å². The van der Waals surface area contributed by atoms with Crippen LogP contribution in [0.15, 0.2) is 0 Å². The van der Waals surface area contributed by atoms with E-state index in [2.05, 4.69) is 23.6 Å². The van der Waals surface area contributed by atoms with E-state index in [-0.39, 0.29) is 23.3 Å². The van der Waals surface area contributed by atoms with Crippen LogP contribution in [0, 0.1) is 22.7 Å². The molecule has 2 fully saturated rings. The van der Waals surface area contributed by atoms with Gasteiger partial charge in [-0.3, -0.25) is 4.79 Å². The molecule has 0 spiro atoms. The number of amides is 1. The molecule has 4 nitrogen and oxygen atoms in total. The smallest absolute Gasteiger partial charge is 0.226 e. The van der Waals surface area contributed by atoms with Crippen molar-refractivity contribution in [3.05, 3.63) is 0 Å². The van der Waals surface area contributed by atoms with Crippen molar-refractivity contribution in [2.75, 3.05) is 13.1 Å². The van der Waals surface area contributed by atoms with E-state index in [1.54, 1.807) is 0 Å².